The van der Waals surface area contributed by atoms with Gasteiger partial charge in [-0.15, -0.1) is 10.2 Å². The minimum atomic E-state index is -3.58. The van der Waals surface area contributed by atoms with Crippen molar-refractivity contribution < 1.29 is 8.42 Å². The number of likely N-dealkylation sites (tertiary alicyclic amines) is 1. The standard InChI is InChI=1S/C9H17N5O2S2/c1-6-5-7(3-4-14(6)2)13-18(15,16)9-12-11-8(10)17-9/h6-7,13H,3-5H2,1-2H3,(H2,10,11). The predicted octanol–water partition coefficient (Wildman–Crippen LogP) is -0.119. The number of piperidine rings is 1. The maximum absolute atomic E-state index is 12.0. The molecule has 1 aliphatic heterocycles. The molecule has 0 bridgehead atoms. The molecule has 102 valence electrons. The molecule has 18 heavy (non-hydrogen) atoms. The fourth-order valence-corrected chi connectivity index (χ4v) is 4.08. The number of anilines is 1. The van der Waals surface area contributed by atoms with E-state index in [0.717, 1.165) is 30.7 Å². The fourth-order valence-electron chi connectivity index (χ4n) is 2.00. The Morgan fingerprint density at radius 2 is 2.22 bits per heavy atom. The van der Waals surface area contributed by atoms with Gasteiger partial charge < -0.3 is 10.6 Å². The summed E-state index contributed by atoms with van der Waals surface area (Å²) in [6.45, 7) is 2.97. The first kappa shape index (κ1) is 13.7. The Morgan fingerprint density at radius 3 is 2.78 bits per heavy atom. The lowest BCUT2D eigenvalue weighted by molar-refractivity contribution is 0.178. The van der Waals surface area contributed by atoms with Crippen molar-refractivity contribution in [1.82, 2.24) is 19.8 Å². The molecule has 7 nitrogen and oxygen atoms in total. The van der Waals surface area contributed by atoms with Crippen molar-refractivity contribution in [1.29, 1.82) is 0 Å². The van der Waals surface area contributed by atoms with Crippen LogP contribution >= 0.6 is 11.3 Å². The molecule has 2 unspecified atom stereocenters. The number of rotatable bonds is 3. The molecule has 1 fully saturated rings. The van der Waals surface area contributed by atoms with Crippen molar-refractivity contribution in [2.24, 2.45) is 0 Å². The van der Waals surface area contributed by atoms with Crippen LogP contribution in [0.4, 0.5) is 5.13 Å². The molecule has 0 aliphatic carbocycles. The number of aromatic nitrogens is 2. The highest BCUT2D eigenvalue weighted by atomic mass is 32.2. The zero-order valence-corrected chi connectivity index (χ0v) is 12.0. The van der Waals surface area contributed by atoms with E-state index in [4.69, 9.17) is 5.73 Å². The summed E-state index contributed by atoms with van der Waals surface area (Å²) in [4.78, 5) is 2.22. The third-order valence-corrected chi connectivity index (χ3v) is 5.82. The van der Waals surface area contributed by atoms with Crippen LogP contribution in [0.15, 0.2) is 4.34 Å². The van der Waals surface area contributed by atoms with Crippen LogP contribution in [-0.4, -0.2) is 49.2 Å². The molecule has 0 spiro atoms. The molecule has 2 atom stereocenters. The average molecular weight is 291 g/mol. The van der Waals surface area contributed by atoms with Gasteiger partial charge in [0.05, 0.1) is 0 Å². The molecule has 1 saturated heterocycles. The topological polar surface area (TPSA) is 101 Å². The lowest BCUT2D eigenvalue weighted by Crippen LogP contribution is -2.47. The molecule has 0 saturated carbocycles. The van der Waals surface area contributed by atoms with Crippen LogP contribution in [0, 0.1) is 0 Å². The maximum Gasteiger partial charge on any atom is 0.270 e. The number of hydrogen-bond acceptors (Lipinski definition) is 7. The molecule has 1 aromatic heterocycles. The van der Waals surface area contributed by atoms with Gasteiger partial charge in [-0.1, -0.05) is 11.3 Å². The van der Waals surface area contributed by atoms with Gasteiger partial charge in [0.1, 0.15) is 0 Å². The molecule has 2 rings (SSSR count). The first-order chi connectivity index (χ1) is 8.38. The van der Waals surface area contributed by atoms with Gasteiger partial charge in [-0.25, -0.2) is 13.1 Å². The van der Waals surface area contributed by atoms with Crippen LogP contribution < -0.4 is 10.5 Å². The van der Waals surface area contributed by atoms with E-state index in [0.29, 0.717) is 6.04 Å². The first-order valence-electron chi connectivity index (χ1n) is 5.70. The molecule has 1 aromatic rings. The van der Waals surface area contributed by atoms with Gasteiger partial charge in [-0.3, -0.25) is 0 Å². The summed E-state index contributed by atoms with van der Waals surface area (Å²) in [5.74, 6) is 0. The Morgan fingerprint density at radius 1 is 1.50 bits per heavy atom. The molecular weight excluding hydrogens is 274 g/mol. The van der Waals surface area contributed by atoms with E-state index in [1.54, 1.807) is 0 Å². The van der Waals surface area contributed by atoms with Gasteiger partial charge in [0, 0.05) is 12.1 Å². The zero-order valence-electron chi connectivity index (χ0n) is 10.3. The Balaban J connectivity index is 2.05. The highest BCUT2D eigenvalue weighted by molar-refractivity contribution is 7.91. The second-order valence-corrected chi connectivity index (χ2v) is 7.48. The largest absolute Gasteiger partial charge is 0.374 e. The number of nitrogen functional groups attached to an aromatic ring is 1. The molecule has 0 aromatic carbocycles. The quantitative estimate of drug-likeness (QED) is 0.805. The summed E-state index contributed by atoms with van der Waals surface area (Å²) in [5.41, 5.74) is 5.39. The van der Waals surface area contributed by atoms with Gasteiger partial charge in [-0.2, -0.15) is 0 Å². The normalized spacial score (nSPS) is 26.3. The van der Waals surface area contributed by atoms with Gasteiger partial charge in [0.2, 0.25) is 9.47 Å². The Kier molecular flexibility index (Phi) is 3.85. The number of nitrogens with zero attached hydrogens (tertiary/aromatic N) is 3. The van der Waals surface area contributed by atoms with E-state index in [9.17, 15) is 8.42 Å². The van der Waals surface area contributed by atoms with Crippen molar-refractivity contribution >= 4 is 26.5 Å². The van der Waals surface area contributed by atoms with E-state index in [1.807, 2.05) is 7.05 Å². The fraction of sp³-hybridized carbons (Fsp3) is 0.778. The Hall–Kier alpha value is -0.770. The van der Waals surface area contributed by atoms with Crippen molar-refractivity contribution in [3.8, 4) is 0 Å². The van der Waals surface area contributed by atoms with Crippen LogP contribution in [0.2, 0.25) is 0 Å². The van der Waals surface area contributed by atoms with Crippen molar-refractivity contribution in [2.75, 3.05) is 19.3 Å². The van der Waals surface area contributed by atoms with Gasteiger partial charge in [0.15, 0.2) is 0 Å². The first-order valence-corrected chi connectivity index (χ1v) is 8.00. The van der Waals surface area contributed by atoms with Crippen LogP contribution in [0.25, 0.3) is 0 Å². The van der Waals surface area contributed by atoms with Crippen LogP contribution in [0.1, 0.15) is 19.8 Å². The summed E-state index contributed by atoms with van der Waals surface area (Å²) in [5, 5.41) is 7.25. The Bertz CT molecular complexity index is 515. The van der Waals surface area contributed by atoms with E-state index < -0.39 is 10.0 Å². The second kappa shape index (κ2) is 5.08. The molecule has 0 amide bonds. The third kappa shape index (κ3) is 2.97. The van der Waals surface area contributed by atoms with Gasteiger partial charge in [0.25, 0.3) is 10.0 Å². The predicted molar refractivity (Wildman–Crippen MR) is 69.8 cm³/mol. The third-order valence-electron chi connectivity index (χ3n) is 3.18. The summed E-state index contributed by atoms with van der Waals surface area (Å²) < 4.78 is 26.7. The minimum Gasteiger partial charge on any atom is -0.374 e. The second-order valence-electron chi connectivity index (χ2n) is 4.58. The van der Waals surface area contributed by atoms with Crippen LogP contribution in [0.5, 0.6) is 0 Å². The number of sulfonamides is 1. The van der Waals surface area contributed by atoms with E-state index in [2.05, 4.69) is 26.7 Å². The average Bonchev–Trinajstić information content (AvgIpc) is 2.71. The van der Waals surface area contributed by atoms with Crippen LogP contribution in [0.3, 0.4) is 0 Å². The molecule has 3 N–H and O–H groups in total. The zero-order chi connectivity index (χ0) is 13.3. The molecule has 2 heterocycles. The highest BCUT2D eigenvalue weighted by Gasteiger charge is 2.28. The smallest absolute Gasteiger partial charge is 0.270 e. The lowest BCUT2D eigenvalue weighted by Gasteiger charge is -2.34. The lowest BCUT2D eigenvalue weighted by atomic mass is 10.0. The van der Waals surface area contributed by atoms with E-state index in [1.165, 1.54) is 0 Å². The maximum atomic E-state index is 12.0. The highest BCUT2D eigenvalue weighted by Crippen LogP contribution is 2.20. The van der Waals surface area contributed by atoms with Gasteiger partial charge >= 0.3 is 0 Å². The Labute approximate surface area is 110 Å². The van der Waals surface area contributed by atoms with E-state index >= 15 is 0 Å². The van der Waals surface area contributed by atoms with Crippen molar-refractivity contribution in [2.45, 2.75) is 36.2 Å². The number of hydrogen-bond donors (Lipinski definition) is 2. The van der Waals surface area contributed by atoms with E-state index in [-0.39, 0.29) is 15.5 Å². The van der Waals surface area contributed by atoms with Crippen molar-refractivity contribution in [3.63, 3.8) is 0 Å². The summed E-state index contributed by atoms with van der Waals surface area (Å²) in [6, 6.07) is 0.317. The summed E-state index contributed by atoms with van der Waals surface area (Å²) in [6.07, 6.45) is 1.60. The SMILES string of the molecule is CC1CC(NS(=O)(=O)c2nnc(N)s2)CCN1C. The molecular formula is C9H17N5O2S2. The monoisotopic (exact) mass is 291 g/mol. The van der Waals surface area contributed by atoms with Gasteiger partial charge in [-0.05, 0) is 33.4 Å². The molecule has 0 radical (unpaired) electrons. The summed E-state index contributed by atoms with van der Waals surface area (Å²) in [7, 11) is -1.54. The minimum absolute atomic E-state index is 0.0497. The van der Waals surface area contributed by atoms with Crippen molar-refractivity contribution in [3.05, 3.63) is 0 Å². The molecule has 1 aliphatic rings. The van der Waals surface area contributed by atoms with Crippen LogP contribution in [-0.2, 0) is 10.0 Å². The molecule has 9 heteroatoms. The summed E-state index contributed by atoms with van der Waals surface area (Å²) >= 11 is 0.879. The number of nitrogens with one attached hydrogen (secondary N) is 1. The number of nitrogens with two attached hydrogens (primary N) is 1.